The number of carboxylic acid groups (broad SMARTS) is 2. The van der Waals surface area contributed by atoms with E-state index in [0.717, 1.165) is 32.7 Å². The molecule has 0 spiro atoms. The van der Waals surface area contributed by atoms with Crippen molar-refractivity contribution in [2.45, 2.75) is 33.4 Å². The van der Waals surface area contributed by atoms with E-state index in [0.29, 0.717) is 18.5 Å². The highest BCUT2D eigenvalue weighted by atomic mass is 35.5. The number of rotatable bonds is 9. The van der Waals surface area contributed by atoms with E-state index in [4.69, 9.17) is 31.3 Å². The maximum Gasteiger partial charge on any atom is 0.371 e. The Morgan fingerprint density at radius 2 is 1.42 bits per heavy atom. The van der Waals surface area contributed by atoms with Crippen LogP contribution in [0.4, 0.5) is 0 Å². The Hall–Kier alpha value is -2.90. The van der Waals surface area contributed by atoms with Gasteiger partial charge in [0.15, 0.2) is 0 Å². The highest BCUT2D eigenvalue weighted by Gasteiger charge is 2.14. The SMILES string of the molecule is CC(=O)C(=O)O.CC(=O)O.CC(COc1ccccc1)N(CCCl)Cc1ccccc1. The van der Waals surface area contributed by atoms with E-state index in [9.17, 15) is 9.59 Å². The molecule has 7 nitrogen and oxygen atoms in total. The standard InChI is InChI=1S/C18H22ClNO.C3H4O3.C2H4O2/c1-16(15-21-18-10-6-3-7-11-18)20(13-12-19)14-17-8-4-2-5-9-17;1-2(4)3(5)6;1-2(3)4/h2-11,16H,12-15H2,1H3;1H3,(H,5,6);1H3,(H,3,4). The number of hydrogen-bond donors (Lipinski definition) is 2. The first kappa shape index (κ1) is 28.1. The van der Waals surface area contributed by atoms with Gasteiger partial charge < -0.3 is 14.9 Å². The molecule has 0 aliphatic rings. The second-order valence-electron chi connectivity index (χ2n) is 6.50. The quantitative estimate of drug-likeness (QED) is 0.439. The van der Waals surface area contributed by atoms with Gasteiger partial charge in [-0.1, -0.05) is 48.5 Å². The molecule has 0 fully saturated rings. The summed E-state index contributed by atoms with van der Waals surface area (Å²) in [7, 11) is 0. The van der Waals surface area contributed by atoms with Gasteiger partial charge in [0.2, 0.25) is 5.78 Å². The highest BCUT2D eigenvalue weighted by Crippen LogP contribution is 2.12. The lowest BCUT2D eigenvalue weighted by Gasteiger charge is -2.28. The second-order valence-corrected chi connectivity index (χ2v) is 6.88. The number of carboxylic acids is 2. The molecular formula is C23H30ClNO6. The first-order valence-electron chi connectivity index (χ1n) is 9.62. The lowest BCUT2D eigenvalue weighted by molar-refractivity contribution is -0.148. The molecule has 2 aromatic rings. The second kappa shape index (κ2) is 16.8. The van der Waals surface area contributed by atoms with Crippen LogP contribution in [0.1, 0.15) is 26.3 Å². The molecule has 170 valence electrons. The molecule has 0 bridgehead atoms. The molecular weight excluding hydrogens is 422 g/mol. The van der Waals surface area contributed by atoms with Crippen molar-refractivity contribution in [2.75, 3.05) is 19.0 Å². The Morgan fingerprint density at radius 1 is 0.968 bits per heavy atom. The number of hydrogen-bond acceptors (Lipinski definition) is 5. The predicted octanol–water partition coefficient (Wildman–Crippen LogP) is 3.95. The minimum Gasteiger partial charge on any atom is -0.492 e. The van der Waals surface area contributed by atoms with Crippen LogP contribution in [-0.4, -0.2) is 57.9 Å². The summed E-state index contributed by atoms with van der Waals surface area (Å²) in [6.45, 7) is 6.68. The van der Waals surface area contributed by atoms with Crippen molar-refractivity contribution in [1.29, 1.82) is 0 Å². The zero-order valence-electron chi connectivity index (χ0n) is 18.0. The van der Waals surface area contributed by atoms with Crippen LogP contribution in [-0.2, 0) is 20.9 Å². The van der Waals surface area contributed by atoms with Crippen molar-refractivity contribution in [3.05, 3.63) is 66.2 Å². The van der Waals surface area contributed by atoms with E-state index >= 15 is 0 Å². The first-order chi connectivity index (χ1) is 14.7. The van der Waals surface area contributed by atoms with Crippen LogP contribution in [0, 0.1) is 0 Å². The molecule has 2 rings (SSSR count). The molecule has 0 aromatic heterocycles. The zero-order valence-corrected chi connectivity index (χ0v) is 18.8. The fourth-order valence-corrected chi connectivity index (χ4v) is 2.44. The van der Waals surface area contributed by atoms with Gasteiger partial charge in [-0.2, -0.15) is 0 Å². The molecule has 0 aliphatic carbocycles. The third-order valence-corrected chi connectivity index (χ3v) is 3.93. The molecule has 2 N–H and O–H groups in total. The van der Waals surface area contributed by atoms with E-state index in [1.165, 1.54) is 5.56 Å². The van der Waals surface area contributed by atoms with Crippen molar-refractivity contribution in [1.82, 2.24) is 4.90 Å². The number of carbonyl (C=O) groups excluding carboxylic acids is 1. The molecule has 1 atom stereocenters. The number of carbonyl (C=O) groups is 3. The van der Waals surface area contributed by atoms with Gasteiger partial charge in [0.25, 0.3) is 5.97 Å². The molecule has 2 aromatic carbocycles. The topological polar surface area (TPSA) is 104 Å². The van der Waals surface area contributed by atoms with Crippen LogP contribution in [0.25, 0.3) is 0 Å². The third-order valence-electron chi connectivity index (χ3n) is 3.76. The number of ketones is 1. The number of ether oxygens (including phenoxy) is 1. The maximum atomic E-state index is 9.54. The Morgan fingerprint density at radius 3 is 1.84 bits per heavy atom. The predicted molar refractivity (Wildman–Crippen MR) is 121 cm³/mol. The summed E-state index contributed by atoms with van der Waals surface area (Å²) in [5, 5.41) is 15.1. The van der Waals surface area contributed by atoms with Crippen LogP contribution in [0.2, 0.25) is 0 Å². The summed E-state index contributed by atoms with van der Waals surface area (Å²) in [5.74, 6) is -1.50. The van der Waals surface area contributed by atoms with E-state index in [1.807, 2.05) is 36.4 Å². The highest BCUT2D eigenvalue weighted by molar-refractivity contribution is 6.31. The van der Waals surface area contributed by atoms with Gasteiger partial charge in [0.1, 0.15) is 12.4 Å². The molecule has 0 saturated carbocycles. The van der Waals surface area contributed by atoms with E-state index in [2.05, 4.69) is 36.1 Å². The van der Waals surface area contributed by atoms with E-state index in [-0.39, 0.29) is 0 Å². The van der Waals surface area contributed by atoms with Gasteiger partial charge in [-0.3, -0.25) is 14.5 Å². The number of Topliss-reactive ketones (excluding diaryl/α,β-unsaturated/α-hetero) is 1. The fourth-order valence-electron chi connectivity index (χ4n) is 2.22. The zero-order chi connectivity index (χ0) is 23.6. The lowest BCUT2D eigenvalue weighted by atomic mass is 10.2. The smallest absolute Gasteiger partial charge is 0.371 e. The minimum absolute atomic E-state index is 0.309. The summed E-state index contributed by atoms with van der Waals surface area (Å²) in [6, 6.07) is 20.7. The van der Waals surface area contributed by atoms with Gasteiger partial charge in [-0.15, -0.1) is 11.6 Å². The summed E-state index contributed by atoms with van der Waals surface area (Å²) >= 11 is 5.94. The van der Waals surface area contributed by atoms with E-state index in [1.54, 1.807) is 0 Å². The van der Waals surface area contributed by atoms with Crippen LogP contribution in [0.15, 0.2) is 60.7 Å². The molecule has 0 saturated heterocycles. The van der Waals surface area contributed by atoms with Gasteiger partial charge in [-0.25, -0.2) is 4.79 Å². The summed E-state index contributed by atoms with van der Waals surface area (Å²) in [6.07, 6.45) is 0. The summed E-state index contributed by atoms with van der Waals surface area (Å²) < 4.78 is 5.85. The molecule has 0 radical (unpaired) electrons. The summed E-state index contributed by atoms with van der Waals surface area (Å²) in [4.78, 5) is 30.2. The minimum atomic E-state index is -1.38. The summed E-state index contributed by atoms with van der Waals surface area (Å²) in [5.41, 5.74) is 1.30. The molecule has 8 heteroatoms. The van der Waals surface area contributed by atoms with Gasteiger partial charge in [-0.05, 0) is 24.6 Å². The van der Waals surface area contributed by atoms with Crippen LogP contribution < -0.4 is 4.74 Å². The number of benzene rings is 2. The molecule has 1 unspecified atom stereocenters. The Bertz CT molecular complexity index is 754. The molecule has 0 heterocycles. The third kappa shape index (κ3) is 15.6. The van der Waals surface area contributed by atoms with Crippen LogP contribution in [0.3, 0.4) is 0 Å². The van der Waals surface area contributed by atoms with Crippen molar-refractivity contribution in [2.24, 2.45) is 0 Å². The fraction of sp³-hybridized carbons (Fsp3) is 0.348. The van der Waals surface area contributed by atoms with E-state index < -0.39 is 17.7 Å². The number of halogens is 1. The first-order valence-corrected chi connectivity index (χ1v) is 10.2. The molecule has 0 amide bonds. The Kier molecular flexibility index (Phi) is 15.3. The normalized spacial score (nSPS) is 10.6. The number of alkyl halides is 1. The van der Waals surface area contributed by atoms with Crippen LogP contribution in [0.5, 0.6) is 5.75 Å². The number of aliphatic carboxylic acids is 2. The largest absolute Gasteiger partial charge is 0.492 e. The maximum absolute atomic E-state index is 9.54. The van der Waals surface area contributed by atoms with Crippen molar-refractivity contribution in [3.63, 3.8) is 0 Å². The number of nitrogens with zero attached hydrogens (tertiary/aromatic N) is 1. The average Bonchev–Trinajstić information content (AvgIpc) is 2.73. The van der Waals surface area contributed by atoms with Crippen molar-refractivity contribution in [3.8, 4) is 5.75 Å². The van der Waals surface area contributed by atoms with Gasteiger partial charge in [0.05, 0.1) is 0 Å². The average molecular weight is 452 g/mol. The number of para-hydroxylation sites is 1. The van der Waals surface area contributed by atoms with Crippen molar-refractivity contribution >= 4 is 29.3 Å². The Labute approximate surface area is 188 Å². The molecule has 31 heavy (non-hydrogen) atoms. The lowest BCUT2D eigenvalue weighted by Crippen LogP contribution is -2.38. The van der Waals surface area contributed by atoms with Crippen molar-refractivity contribution < 1.29 is 29.3 Å². The monoisotopic (exact) mass is 451 g/mol. The van der Waals surface area contributed by atoms with Gasteiger partial charge >= 0.3 is 5.97 Å². The Balaban J connectivity index is 0.000000753. The molecule has 0 aliphatic heterocycles. The van der Waals surface area contributed by atoms with Gasteiger partial charge in [0, 0.05) is 38.9 Å². The van der Waals surface area contributed by atoms with Crippen LogP contribution >= 0.6 is 11.6 Å².